The predicted octanol–water partition coefficient (Wildman–Crippen LogP) is 2.52. The summed E-state index contributed by atoms with van der Waals surface area (Å²) < 4.78 is 0. The highest BCUT2D eigenvalue weighted by atomic mass is 32.1. The molecule has 2 heteroatoms. The molecule has 0 saturated heterocycles. The number of hydrogen-bond donors (Lipinski definition) is 0. The highest BCUT2D eigenvalue weighted by Gasteiger charge is 2.06. The number of rotatable bonds is 3. The highest BCUT2D eigenvalue weighted by Crippen LogP contribution is 2.08. The third-order valence-electron chi connectivity index (χ3n) is 1.72. The Kier molecular flexibility index (Phi) is 4.55. The molecule has 0 aliphatic carbocycles. The van der Waals surface area contributed by atoms with Crippen molar-refractivity contribution in [3.63, 3.8) is 0 Å². The predicted molar refractivity (Wildman–Crippen MR) is 43.9 cm³/mol. The third-order valence-corrected chi connectivity index (χ3v) is 1.83. The van der Waals surface area contributed by atoms with Crippen molar-refractivity contribution in [2.75, 3.05) is 0 Å². The molecule has 0 aliphatic heterocycles. The van der Waals surface area contributed by atoms with E-state index in [9.17, 15) is 0 Å². The Morgan fingerprint density at radius 3 is 2.44 bits per heavy atom. The maximum absolute atomic E-state index is 4.48. The lowest BCUT2D eigenvalue weighted by molar-refractivity contribution is 0.474. The Morgan fingerprint density at radius 2 is 2.11 bits per heavy atom. The number of hydrogen-bond acceptors (Lipinski definition) is 2. The van der Waals surface area contributed by atoms with Crippen LogP contribution in [0.4, 0.5) is 0 Å². The minimum absolute atomic E-state index is 0.340. The Labute approximate surface area is 62.2 Å². The molecule has 52 valence electrons. The lowest BCUT2D eigenvalue weighted by Crippen LogP contribution is -2.09. The largest absolute Gasteiger partial charge is 0.229 e. The van der Waals surface area contributed by atoms with E-state index in [1.807, 2.05) is 0 Å². The van der Waals surface area contributed by atoms with Gasteiger partial charge in [0.1, 0.15) is 0 Å². The molecular weight excluding hydrogens is 130 g/mol. The topological polar surface area (TPSA) is 12.4 Å². The van der Waals surface area contributed by atoms with Gasteiger partial charge in [-0.3, -0.25) is 0 Å². The second kappa shape index (κ2) is 4.66. The Hall–Kier alpha value is -0.200. The molecule has 0 amide bonds. The van der Waals surface area contributed by atoms with Crippen LogP contribution in [0.2, 0.25) is 0 Å². The Balaban J connectivity index is 3.71. The van der Waals surface area contributed by atoms with Gasteiger partial charge in [-0.2, -0.15) is 0 Å². The van der Waals surface area contributed by atoms with Crippen LogP contribution in [0, 0.1) is 5.92 Å². The number of thiocarbonyl (C=S) groups is 1. The first-order valence-electron chi connectivity index (χ1n) is 3.29. The van der Waals surface area contributed by atoms with Gasteiger partial charge in [0.2, 0.25) is 0 Å². The molecule has 1 nitrogen and oxygen atoms in total. The van der Waals surface area contributed by atoms with E-state index in [0.717, 1.165) is 6.42 Å². The van der Waals surface area contributed by atoms with E-state index in [4.69, 9.17) is 0 Å². The molecule has 0 rings (SSSR count). The summed E-state index contributed by atoms with van der Waals surface area (Å²) in [7, 11) is 0. The van der Waals surface area contributed by atoms with Crippen LogP contribution in [-0.4, -0.2) is 11.2 Å². The van der Waals surface area contributed by atoms with E-state index >= 15 is 0 Å². The molecule has 0 fully saturated rings. The van der Waals surface area contributed by atoms with Gasteiger partial charge in [0.15, 0.2) is 0 Å². The van der Waals surface area contributed by atoms with Gasteiger partial charge in [0, 0.05) is 0 Å². The summed E-state index contributed by atoms with van der Waals surface area (Å²) in [5, 5.41) is 2.39. The smallest absolute Gasteiger partial charge is 0.0600 e. The number of aliphatic imine (C=N–C) groups is 1. The van der Waals surface area contributed by atoms with Crippen LogP contribution in [0.5, 0.6) is 0 Å². The first kappa shape index (κ1) is 8.80. The summed E-state index contributed by atoms with van der Waals surface area (Å²) in [6.07, 6.45) is 1.15. The minimum atomic E-state index is 0.340. The first-order chi connectivity index (χ1) is 4.22. The molecule has 9 heavy (non-hydrogen) atoms. The van der Waals surface area contributed by atoms with Crippen LogP contribution in [0.25, 0.3) is 0 Å². The molecule has 0 aromatic carbocycles. The Morgan fingerprint density at radius 1 is 1.56 bits per heavy atom. The number of nitrogens with zero attached hydrogens (tertiary/aromatic N) is 1. The molecule has 0 bridgehead atoms. The second-order valence-electron chi connectivity index (χ2n) is 2.35. The normalized spacial score (nSPS) is 15.9. The summed E-state index contributed by atoms with van der Waals surface area (Å²) in [6.45, 7) is 6.38. The van der Waals surface area contributed by atoms with Gasteiger partial charge in [0.25, 0.3) is 0 Å². The number of isothiocyanates is 1. The van der Waals surface area contributed by atoms with Gasteiger partial charge in [-0.25, -0.2) is 4.99 Å². The summed E-state index contributed by atoms with van der Waals surface area (Å²) in [6, 6.07) is 0.340. The third kappa shape index (κ3) is 3.39. The van der Waals surface area contributed by atoms with E-state index in [1.165, 1.54) is 0 Å². The highest BCUT2D eigenvalue weighted by molar-refractivity contribution is 7.78. The van der Waals surface area contributed by atoms with Crippen LogP contribution in [0.3, 0.4) is 0 Å². The van der Waals surface area contributed by atoms with E-state index in [0.29, 0.717) is 12.0 Å². The first-order valence-corrected chi connectivity index (χ1v) is 3.70. The van der Waals surface area contributed by atoms with Crippen LogP contribution in [0.1, 0.15) is 27.2 Å². The van der Waals surface area contributed by atoms with E-state index in [2.05, 4.69) is 43.1 Å². The maximum Gasteiger partial charge on any atom is 0.0600 e. The van der Waals surface area contributed by atoms with Crippen molar-refractivity contribution >= 4 is 17.4 Å². The van der Waals surface area contributed by atoms with Crippen LogP contribution >= 0.6 is 12.2 Å². The van der Waals surface area contributed by atoms with Gasteiger partial charge in [-0.05, 0) is 25.1 Å². The molecule has 0 saturated carbocycles. The van der Waals surface area contributed by atoms with E-state index in [-0.39, 0.29) is 0 Å². The summed E-state index contributed by atoms with van der Waals surface area (Å²) >= 11 is 4.48. The van der Waals surface area contributed by atoms with Crippen molar-refractivity contribution in [3.05, 3.63) is 0 Å². The van der Waals surface area contributed by atoms with Crippen molar-refractivity contribution in [2.24, 2.45) is 10.9 Å². The fraction of sp³-hybridized carbons (Fsp3) is 0.857. The fourth-order valence-electron chi connectivity index (χ4n) is 0.551. The zero-order chi connectivity index (χ0) is 7.28. The van der Waals surface area contributed by atoms with Gasteiger partial charge in [-0.15, -0.1) is 0 Å². The van der Waals surface area contributed by atoms with Gasteiger partial charge < -0.3 is 0 Å². The minimum Gasteiger partial charge on any atom is -0.229 e. The Bertz CT molecular complexity index is 116. The molecule has 1 unspecified atom stereocenters. The summed E-state index contributed by atoms with van der Waals surface area (Å²) in [4.78, 5) is 3.96. The average Bonchev–Trinajstić information content (AvgIpc) is 1.87. The monoisotopic (exact) mass is 143 g/mol. The summed E-state index contributed by atoms with van der Waals surface area (Å²) in [5.74, 6) is 0.625. The molecule has 0 radical (unpaired) electrons. The molecule has 0 spiro atoms. The second-order valence-corrected chi connectivity index (χ2v) is 2.53. The van der Waals surface area contributed by atoms with E-state index < -0.39 is 0 Å². The lowest BCUT2D eigenvalue weighted by Gasteiger charge is -2.10. The quantitative estimate of drug-likeness (QED) is 0.437. The molecule has 0 aromatic heterocycles. The van der Waals surface area contributed by atoms with E-state index in [1.54, 1.807) is 0 Å². The molecular formula is C7H13NS. The van der Waals surface area contributed by atoms with Crippen LogP contribution in [0.15, 0.2) is 4.99 Å². The average molecular weight is 143 g/mol. The van der Waals surface area contributed by atoms with Crippen LogP contribution in [-0.2, 0) is 0 Å². The van der Waals surface area contributed by atoms with Crippen molar-refractivity contribution < 1.29 is 0 Å². The van der Waals surface area contributed by atoms with Gasteiger partial charge in [0.05, 0.1) is 11.2 Å². The maximum atomic E-state index is 4.48. The standard InChI is InChI=1S/C7H13NS/c1-4-6(2)7(3)8-5-9/h6-7H,4H2,1-3H3/t6-,7?/m0/s1. The molecule has 0 heterocycles. The fourth-order valence-corrected chi connectivity index (χ4v) is 0.718. The zero-order valence-corrected chi connectivity index (χ0v) is 7.03. The lowest BCUT2D eigenvalue weighted by atomic mass is 10.0. The van der Waals surface area contributed by atoms with Crippen LogP contribution < -0.4 is 0 Å². The van der Waals surface area contributed by atoms with Gasteiger partial charge in [-0.1, -0.05) is 20.3 Å². The SMILES string of the molecule is CC[C@H](C)C(C)N=C=S. The molecule has 0 N–H and O–H groups in total. The van der Waals surface area contributed by atoms with Crippen molar-refractivity contribution in [3.8, 4) is 0 Å². The van der Waals surface area contributed by atoms with Gasteiger partial charge >= 0.3 is 0 Å². The zero-order valence-electron chi connectivity index (χ0n) is 6.22. The van der Waals surface area contributed by atoms with Crippen molar-refractivity contribution in [1.29, 1.82) is 0 Å². The molecule has 0 aromatic rings. The molecule has 2 atom stereocenters. The van der Waals surface area contributed by atoms with Crippen molar-refractivity contribution in [2.45, 2.75) is 33.2 Å². The summed E-state index contributed by atoms with van der Waals surface area (Å²) in [5.41, 5.74) is 0. The molecule has 0 aliphatic rings. The van der Waals surface area contributed by atoms with Crippen molar-refractivity contribution in [1.82, 2.24) is 0 Å².